The lowest BCUT2D eigenvalue weighted by Crippen LogP contribution is -2.43. The molecule has 5 aromatic rings. The highest BCUT2D eigenvalue weighted by atomic mass is 32.1. The number of likely N-dealkylation sites (tertiary alicyclic amines) is 1. The van der Waals surface area contributed by atoms with E-state index in [4.69, 9.17) is 10.5 Å². The Balaban J connectivity index is 1.19. The van der Waals surface area contributed by atoms with Gasteiger partial charge in [0, 0.05) is 48.9 Å². The number of alkyl halides is 4. The number of aliphatic hydroxyl groups excluding tert-OH is 1. The number of halogens is 6. The maximum atomic E-state index is 17.3. The van der Waals surface area contributed by atoms with Crippen molar-refractivity contribution in [3.63, 3.8) is 0 Å². The first kappa shape index (κ1) is 36.4. The number of hydrogen-bond donors (Lipinski definition) is 2. The maximum Gasteiger partial charge on any atom is 0.417 e. The van der Waals surface area contributed by atoms with Crippen molar-refractivity contribution in [3.8, 4) is 23.2 Å². The van der Waals surface area contributed by atoms with Crippen LogP contribution < -0.4 is 15.4 Å². The number of aliphatic hydroxyl groups is 1. The molecular formula is C37H33F6N9O3S. The maximum absolute atomic E-state index is 17.3. The van der Waals surface area contributed by atoms with Crippen LogP contribution in [0.15, 0.2) is 24.3 Å². The van der Waals surface area contributed by atoms with Crippen LogP contribution in [0, 0.1) is 23.0 Å². The fourth-order valence-electron chi connectivity index (χ4n) is 8.78. The molecule has 3 aromatic heterocycles. The fourth-order valence-corrected chi connectivity index (χ4v) is 9.73. The van der Waals surface area contributed by atoms with Crippen molar-refractivity contribution >= 4 is 49.1 Å². The third-order valence-electron chi connectivity index (χ3n) is 11.4. The summed E-state index contributed by atoms with van der Waals surface area (Å²) in [4.78, 5) is 27.2. The van der Waals surface area contributed by atoms with Crippen LogP contribution in [0.4, 0.5) is 37.2 Å². The largest absolute Gasteiger partial charge is 0.461 e. The Morgan fingerprint density at radius 3 is 2.71 bits per heavy atom. The van der Waals surface area contributed by atoms with Gasteiger partial charge >= 0.3 is 12.2 Å². The van der Waals surface area contributed by atoms with E-state index >= 15 is 22.0 Å². The Hall–Kier alpha value is -5.19. The van der Waals surface area contributed by atoms with Crippen molar-refractivity contribution in [1.29, 1.82) is 5.26 Å². The molecule has 0 radical (unpaired) electrons. The number of benzene rings is 2. The Morgan fingerprint density at radius 1 is 1.14 bits per heavy atom. The van der Waals surface area contributed by atoms with E-state index in [0.717, 1.165) is 24.6 Å². The van der Waals surface area contributed by atoms with Crippen molar-refractivity contribution in [2.45, 2.75) is 62.8 Å². The van der Waals surface area contributed by atoms with E-state index < -0.39 is 57.8 Å². The number of β-amino-alcohol motifs (C(OH)–C–C–N with tert-alkyl or cyclic N) is 1. The number of thiophene rings is 1. The second-order valence-electron chi connectivity index (χ2n) is 14.8. The highest BCUT2D eigenvalue weighted by Gasteiger charge is 2.49. The molecule has 4 aliphatic heterocycles. The predicted octanol–water partition coefficient (Wildman–Crippen LogP) is 5.64. The van der Waals surface area contributed by atoms with Gasteiger partial charge in [-0.05, 0) is 49.6 Å². The monoisotopic (exact) mass is 797 g/mol. The summed E-state index contributed by atoms with van der Waals surface area (Å²) >= 11 is 0.668. The second kappa shape index (κ2) is 13.2. The summed E-state index contributed by atoms with van der Waals surface area (Å²) in [6.45, 7) is 1.74. The number of aromatic nitrogens is 4. The van der Waals surface area contributed by atoms with E-state index in [1.807, 2.05) is 11.0 Å². The molecule has 292 valence electrons. The van der Waals surface area contributed by atoms with Gasteiger partial charge in [0.25, 0.3) is 5.91 Å². The van der Waals surface area contributed by atoms with Crippen molar-refractivity contribution in [3.05, 3.63) is 58.4 Å². The molecule has 2 aromatic carbocycles. The molecule has 3 fully saturated rings. The summed E-state index contributed by atoms with van der Waals surface area (Å²) in [5.74, 6) is -2.70. The van der Waals surface area contributed by atoms with Crippen LogP contribution in [-0.4, -0.2) is 97.7 Å². The minimum atomic E-state index is -5.15. The first-order chi connectivity index (χ1) is 26.7. The van der Waals surface area contributed by atoms with Crippen molar-refractivity contribution in [2.24, 2.45) is 0 Å². The molecule has 4 aliphatic rings. The lowest BCUT2D eigenvalue weighted by molar-refractivity contribution is -0.137. The van der Waals surface area contributed by atoms with Crippen LogP contribution in [0.5, 0.6) is 6.01 Å². The van der Waals surface area contributed by atoms with Gasteiger partial charge in [-0.2, -0.15) is 33.5 Å². The molecule has 9 rings (SSSR count). The number of hydrogen-bond acceptors (Lipinski definition) is 11. The highest BCUT2D eigenvalue weighted by molar-refractivity contribution is 7.23. The molecule has 19 heteroatoms. The summed E-state index contributed by atoms with van der Waals surface area (Å²) in [5.41, 5.74) is 2.43. The van der Waals surface area contributed by atoms with E-state index in [1.165, 1.54) is 4.90 Å². The van der Waals surface area contributed by atoms with Gasteiger partial charge in [-0.1, -0.05) is 6.07 Å². The average Bonchev–Trinajstić information content (AvgIpc) is 3.98. The van der Waals surface area contributed by atoms with Gasteiger partial charge in [-0.25, -0.2) is 13.2 Å². The smallest absolute Gasteiger partial charge is 0.417 e. The lowest BCUT2D eigenvalue weighted by Gasteiger charge is -2.32. The van der Waals surface area contributed by atoms with Crippen LogP contribution >= 0.6 is 11.3 Å². The molecule has 12 nitrogen and oxygen atoms in total. The minimum absolute atomic E-state index is 0.0126. The van der Waals surface area contributed by atoms with E-state index in [9.17, 15) is 19.6 Å². The van der Waals surface area contributed by atoms with Crippen LogP contribution in [0.3, 0.4) is 0 Å². The number of nitrogens with two attached hydrogens (primary N) is 1. The van der Waals surface area contributed by atoms with E-state index in [1.54, 1.807) is 15.6 Å². The number of carbonyl (C=O) groups excluding carboxylic acids is 1. The summed E-state index contributed by atoms with van der Waals surface area (Å²) in [7, 11) is 0. The average molecular weight is 798 g/mol. The van der Waals surface area contributed by atoms with Crippen molar-refractivity contribution in [1.82, 2.24) is 29.5 Å². The number of amides is 1. The zero-order valence-corrected chi connectivity index (χ0v) is 30.4. The van der Waals surface area contributed by atoms with Crippen LogP contribution in [-0.2, 0) is 19.3 Å². The normalized spacial score (nSPS) is 22.6. The van der Waals surface area contributed by atoms with Gasteiger partial charge in [0.15, 0.2) is 11.5 Å². The lowest BCUT2D eigenvalue weighted by atomic mass is 9.92. The summed E-state index contributed by atoms with van der Waals surface area (Å²) in [6, 6.07) is 5.67. The molecule has 1 amide bonds. The molecule has 0 spiro atoms. The fraction of sp³-hybridized carbons (Fsp3) is 0.432. The van der Waals surface area contributed by atoms with Gasteiger partial charge < -0.3 is 25.4 Å². The molecule has 3 saturated heterocycles. The Kier molecular flexibility index (Phi) is 8.59. The molecule has 7 heterocycles. The molecule has 0 bridgehead atoms. The molecule has 3 atom stereocenters. The first-order valence-corrected chi connectivity index (χ1v) is 18.9. The molecular weight excluding hydrogens is 765 g/mol. The zero-order chi connectivity index (χ0) is 39.3. The number of nitrogens with zero attached hydrogens (tertiary/aromatic N) is 8. The quantitative estimate of drug-likeness (QED) is 0.207. The first-order valence-electron chi connectivity index (χ1n) is 18.1. The van der Waals surface area contributed by atoms with Crippen molar-refractivity contribution < 1.29 is 41.0 Å². The molecule has 0 unspecified atom stereocenters. The number of carbonyl (C=O) groups is 1. The number of ether oxygens (including phenoxy) is 1. The van der Waals surface area contributed by atoms with Crippen LogP contribution in [0.1, 0.15) is 53.0 Å². The van der Waals surface area contributed by atoms with Gasteiger partial charge in [0.2, 0.25) is 0 Å². The molecule has 0 aliphatic carbocycles. The van der Waals surface area contributed by atoms with Crippen molar-refractivity contribution in [2.75, 3.05) is 50.0 Å². The second-order valence-corrected chi connectivity index (χ2v) is 15.9. The van der Waals surface area contributed by atoms with Crippen LogP contribution in [0.2, 0.25) is 0 Å². The number of anilines is 2. The van der Waals surface area contributed by atoms with E-state index in [2.05, 4.69) is 15.1 Å². The Bertz CT molecular complexity index is 2480. The molecule has 56 heavy (non-hydrogen) atoms. The molecule has 3 N–H and O–H groups in total. The number of fused-ring (bicyclic) bond motifs is 4. The Labute approximate surface area is 318 Å². The van der Waals surface area contributed by atoms with E-state index in [-0.39, 0.29) is 95.2 Å². The van der Waals surface area contributed by atoms with E-state index in [0.29, 0.717) is 43.0 Å². The summed E-state index contributed by atoms with van der Waals surface area (Å²) < 4.78 is 99.8. The van der Waals surface area contributed by atoms with Gasteiger partial charge in [-0.3, -0.25) is 14.4 Å². The van der Waals surface area contributed by atoms with Gasteiger partial charge in [-0.15, -0.1) is 11.3 Å². The highest BCUT2D eigenvalue weighted by Crippen LogP contribution is 2.48. The Morgan fingerprint density at radius 2 is 1.96 bits per heavy atom. The minimum Gasteiger partial charge on any atom is -0.461 e. The number of nitriles is 1. The number of nitrogen functional groups attached to an aromatic ring is 1. The molecule has 0 saturated carbocycles. The predicted molar refractivity (Wildman–Crippen MR) is 193 cm³/mol. The van der Waals surface area contributed by atoms with Crippen LogP contribution in [0.25, 0.3) is 32.1 Å². The third-order valence-corrected chi connectivity index (χ3v) is 12.4. The van der Waals surface area contributed by atoms with Gasteiger partial charge in [0.05, 0.1) is 46.3 Å². The SMILES string of the molecule is N#Cc1c(N)sc2c(F)ccc(-c3c(C(F)(F)F)cc4c(N5CCn6nc(C(=O)N7CC[C@H](O)C7)cc6C5)nc(OC[C@@]56CCCN5C[C@H](F)C6)nc4c3F)c12. The topological polar surface area (TPSA) is 150 Å². The summed E-state index contributed by atoms with van der Waals surface area (Å²) in [6.07, 6.45) is -4.76. The number of rotatable bonds is 6. The third kappa shape index (κ3) is 5.87. The van der Waals surface area contributed by atoms with Gasteiger partial charge in [0.1, 0.15) is 41.0 Å². The standard InChI is InChI=1S/C37H33F6N9O3S/c38-18-12-36(5-1-6-51(36)14-18)17-55-35-46-30-22(33(47-35)49-8-9-52-19(15-49)10-26(48-52)34(54)50-7-4-20(53)16-50)11-24(37(41,42)43)28(29(30)40)21-2-3-25(39)31-27(21)23(13-44)32(45)56-31/h2-3,10-11,18,20,53H,1,4-9,12,14-17,45H2/t18-,20+,36+/m1/s1. The summed E-state index contributed by atoms with van der Waals surface area (Å²) in [5, 5.41) is 23.6. The zero-order valence-electron chi connectivity index (χ0n) is 29.5.